The van der Waals surface area contributed by atoms with E-state index in [0.29, 0.717) is 13.0 Å². The fourth-order valence-electron chi connectivity index (χ4n) is 2.48. The first-order valence-corrected chi connectivity index (χ1v) is 7.45. The molecule has 3 nitrogen and oxygen atoms in total. The largest absolute Gasteiger partial charge is 0.489 e. The molecule has 0 saturated heterocycles. The molecule has 0 aromatic heterocycles. The fraction of sp³-hybridized carbons (Fsp3) is 0.211. The Balaban J connectivity index is 1.69. The van der Waals surface area contributed by atoms with E-state index < -0.39 is 0 Å². The van der Waals surface area contributed by atoms with Crippen molar-refractivity contribution >= 4 is 11.4 Å². The monoisotopic (exact) mass is 293 g/mol. The molecule has 0 atom stereocenters. The minimum Gasteiger partial charge on any atom is -0.489 e. The van der Waals surface area contributed by atoms with E-state index in [9.17, 15) is 4.79 Å². The summed E-state index contributed by atoms with van der Waals surface area (Å²) in [7, 11) is 1.99. The highest BCUT2D eigenvalue weighted by atomic mass is 16.5. The number of rotatable bonds is 4. The third-order valence-electron chi connectivity index (χ3n) is 3.76. The molecule has 22 heavy (non-hydrogen) atoms. The third kappa shape index (κ3) is 3.37. The van der Waals surface area contributed by atoms with Crippen LogP contribution in [0.1, 0.15) is 17.5 Å². The molecule has 0 bridgehead atoms. The topological polar surface area (TPSA) is 29.5 Å². The van der Waals surface area contributed by atoms with Crippen molar-refractivity contribution in [3.63, 3.8) is 0 Å². The average Bonchev–Trinajstić information content (AvgIpc) is 2.57. The normalized spacial score (nSPS) is 14.7. The molecule has 0 fully saturated rings. The van der Waals surface area contributed by atoms with E-state index in [1.54, 1.807) is 0 Å². The summed E-state index contributed by atoms with van der Waals surface area (Å²) in [5.41, 5.74) is 2.87. The van der Waals surface area contributed by atoms with Crippen LogP contribution >= 0.6 is 0 Å². The van der Waals surface area contributed by atoms with Gasteiger partial charge in [0.25, 0.3) is 0 Å². The Bertz CT molecular complexity index is 674. The van der Waals surface area contributed by atoms with E-state index in [1.165, 1.54) is 0 Å². The zero-order valence-corrected chi connectivity index (χ0v) is 12.7. The van der Waals surface area contributed by atoms with Crippen LogP contribution < -0.4 is 4.74 Å². The van der Waals surface area contributed by atoms with Gasteiger partial charge in [-0.2, -0.15) is 0 Å². The summed E-state index contributed by atoms with van der Waals surface area (Å²) >= 11 is 0. The maximum Gasteiger partial charge on any atom is 0.166 e. The maximum atomic E-state index is 12.0. The Labute approximate surface area is 130 Å². The Morgan fingerprint density at radius 1 is 1.05 bits per heavy atom. The van der Waals surface area contributed by atoms with Gasteiger partial charge >= 0.3 is 0 Å². The van der Waals surface area contributed by atoms with Crippen molar-refractivity contribution in [1.29, 1.82) is 0 Å². The van der Waals surface area contributed by atoms with Crippen LogP contribution in [0.5, 0.6) is 5.75 Å². The molecule has 1 heterocycles. The number of ether oxygens (including phenoxy) is 1. The van der Waals surface area contributed by atoms with E-state index in [4.69, 9.17) is 4.74 Å². The lowest BCUT2D eigenvalue weighted by Gasteiger charge is -2.21. The predicted molar refractivity (Wildman–Crippen MR) is 87.4 cm³/mol. The quantitative estimate of drug-likeness (QED) is 0.864. The van der Waals surface area contributed by atoms with E-state index >= 15 is 0 Å². The van der Waals surface area contributed by atoms with Crippen molar-refractivity contribution < 1.29 is 9.53 Å². The first kappa shape index (κ1) is 14.4. The van der Waals surface area contributed by atoms with Gasteiger partial charge < -0.3 is 9.64 Å². The Morgan fingerprint density at radius 3 is 2.50 bits per heavy atom. The molecule has 1 aliphatic rings. The summed E-state index contributed by atoms with van der Waals surface area (Å²) in [6, 6.07) is 17.8. The number of nitrogens with zero attached hydrogens (tertiary/aromatic N) is 1. The molecule has 0 saturated carbocycles. The predicted octanol–water partition coefficient (Wildman–Crippen LogP) is 3.51. The second-order valence-corrected chi connectivity index (χ2v) is 5.50. The van der Waals surface area contributed by atoms with E-state index in [2.05, 4.69) is 4.90 Å². The molecule has 3 heteroatoms. The molecule has 0 N–H and O–H groups in total. The van der Waals surface area contributed by atoms with Gasteiger partial charge in [0.15, 0.2) is 5.78 Å². The summed E-state index contributed by atoms with van der Waals surface area (Å²) in [4.78, 5) is 14.1. The van der Waals surface area contributed by atoms with Gasteiger partial charge in [-0.05, 0) is 23.3 Å². The van der Waals surface area contributed by atoms with Gasteiger partial charge in [-0.3, -0.25) is 4.79 Å². The Hall–Kier alpha value is -2.55. The highest BCUT2D eigenvalue weighted by molar-refractivity contribution is 6.21. The van der Waals surface area contributed by atoms with E-state index in [0.717, 1.165) is 29.0 Å². The molecule has 112 valence electrons. The van der Waals surface area contributed by atoms with Crippen molar-refractivity contribution in [1.82, 2.24) is 4.90 Å². The first-order chi connectivity index (χ1) is 10.7. The standard InChI is InChI=1S/C19H19NO2/c1-20-12-11-19(21)18(13-20)16-7-9-17(10-8-16)22-14-15-5-3-2-4-6-15/h2-10,13H,11-12,14H2,1H3. The van der Waals surface area contributed by atoms with Crippen LogP contribution in [0.3, 0.4) is 0 Å². The smallest absolute Gasteiger partial charge is 0.166 e. The summed E-state index contributed by atoms with van der Waals surface area (Å²) in [6.07, 6.45) is 2.50. The zero-order chi connectivity index (χ0) is 15.4. The lowest BCUT2D eigenvalue weighted by Crippen LogP contribution is -2.23. The Morgan fingerprint density at radius 2 is 1.77 bits per heavy atom. The molecule has 0 radical (unpaired) electrons. The number of carbonyl (C=O) groups excluding carboxylic acids is 1. The van der Waals surface area contributed by atoms with Crippen molar-refractivity contribution in [3.05, 3.63) is 71.9 Å². The molecule has 3 rings (SSSR count). The van der Waals surface area contributed by atoms with Crippen LogP contribution in [0.4, 0.5) is 0 Å². The first-order valence-electron chi connectivity index (χ1n) is 7.45. The number of carbonyl (C=O) groups is 1. The molecular formula is C19H19NO2. The highest BCUT2D eigenvalue weighted by Gasteiger charge is 2.17. The van der Waals surface area contributed by atoms with Gasteiger partial charge in [0.1, 0.15) is 12.4 Å². The zero-order valence-electron chi connectivity index (χ0n) is 12.7. The van der Waals surface area contributed by atoms with Crippen LogP contribution in [0, 0.1) is 0 Å². The fourth-order valence-corrected chi connectivity index (χ4v) is 2.48. The van der Waals surface area contributed by atoms with Crippen molar-refractivity contribution in [2.24, 2.45) is 0 Å². The summed E-state index contributed by atoms with van der Waals surface area (Å²) < 4.78 is 5.77. The molecule has 2 aromatic rings. The average molecular weight is 293 g/mol. The number of Topliss-reactive ketones (excluding diaryl/α,β-unsaturated/α-hetero) is 1. The molecule has 1 aliphatic heterocycles. The minimum atomic E-state index is 0.205. The minimum absolute atomic E-state index is 0.205. The van der Waals surface area contributed by atoms with Crippen LogP contribution in [-0.4, -0.2) is 24.3 Å². The summed E-state index contributed by atoms with van der Waals surface area (Å²) in [5, 5.41) is 0. The van der Waals surface area contributed by atoms with Crippen LogP contribution in [0.25, 0.3) is 5.57 Å². The number of hydrogen-bond donors (Lipinski definition) is 0. The van der Waals surface area contributed by atoms with Crippen LogP contribution in [0.2, 0.25) is 0 Å². The van der Waals surface area contributed by atoms with E-state index in [-0.39, 0.29) is 5.78 Å². The summed E-state index contributed by atoms with van der Waals surface area (Å²) in [5.74, 6) is 1.01. The van der Waals surface area contributed by atoms with Gasteiger partial charge in [0.05, 0.1) is 0 Å². The number of hydrogen-bond acceptors (Lipinski definition) is 3. The molecule has 0 spiro atoms. The Kier molecular flexibility index (Phi) is 4.24. The van der Waals surface area contributed by atoms with Crippen molar-refractivity contribution in [3.8, 4) is 5.75 Å². The molecule has 0 aliphatic carbocycles. The van der Waals surface area contributed by atoms with Gasteiger partial charge in [0.2, 0.25) is 0 Å². The van der Waals surface area contributed by atoms with Gasteiger partial charge in [-0.1, -0.05) is 42.5 Å². The number of benzene rings is 2. The SMILES string of the molecule is CN1C=C(c2ccc(OCc3ccccc3)cc2)C(=O)CC1. The van der Waals surface area contributed by atoms with Gasteiger partial charge in [-0.25, -0.2) is 0 Å². The second-order valence-electron chi connectivity index (χ2n) is 5.50. The molecule has 2 aromatic carbocycles. The van der Waals surface area contributed by atoms with Crippen LogP contribution in [-0.2, 0) is 11.4 Å². The van der Waals surface area contributed by atoms with Crippen molar-refractivity contribution in [2.75, 3.05) is 13.6 Å². The number of ketones is 1. The van der Waals surface area contributed by atoms with Gasteiger partial charge in [0, 0.05) is 31.8 Å². The highest BCUT2D eigenvalue weighted by Crippen LogP contribution is 2.24. The van der Waals surface area contributed by atoms with Crippen molar-refractivity contribution in [2.45, 2.75) is 13.0 Å². The second kappa shape index (κ2) is 6.48. The van der Waals surface area contributed by atoms with Crippen LogP contribution in [0.15, 0.2) is 60.8 Å². The lowest BCUT2D eigenvalue weighted by molar-refractivity contribution is -0.114. The molecular weight excluding hydrogens is 274 g/mol. The lowest BCUT2D eigenvalue weighted by atomic mass is 9.98. The molecule has 0 amide bonds. The van der Waals surface area contributed by atoms with Gasteiger partial charge in [-0.15, -0.1) is 0 Å². The van der Waals surface area contributed by atoms with E-state index in [1.807, 2.05) is 67.8 Å². The maximum absolute atomic E-state index is 12.0. The molecule has 0 unspecified atom stereocenters. The third-order valence-corrected chi connectivity index (χ3v) is 3.76. The number of allylic oxidation sites excluding steroid dienone is 1. The summed E-state index contributed by atoms with van der Waals surface area (Å²) in [6.45, 7) is 1.34.